The van der Waals surface area contributed by atoms with Crippen LogP contribution < -0.4 is 47.3 Å². The van der Waals surface area contributed by atoms with Crippen molar-refractivity contribution in [3.05, 3.63) is 174 Å². The monoisotopic (exact) mass is 741 g/mol. The van der Waals surface area contributed by atoms with Gasteiger partial charge in [0.1, 0.15) is 11.5 Å². The average Bonchev–Trinajstić information content (AvgIpc) is 3.57. The van der Waals surface area contributed by atoms with Crippen molar-refractivity contribution in [1.82, 2.24) is 4.57 Å². The smallest absolute Gasteiger partial charge is 0.256 e. The van der Waals surface area contributed by atoms with E-state index in [2.05, 4.69) is 194 Å². The van der Waals surface area contributed by atoms with Gasteiger partial charge in [-0.3, -0.25) is 0 Å². The maximum atomic E-state index is 7.36. The molecule has 0 spiro atoms. The number of hydrogen-bond acceptors (Lipinski definition) is 3. The Labute approximate surface area is 338 Å². The fourth-order valence-corrected chi connectivity index (χ4v) is 10.8. The molecular weight excluding hydrogens is 704 g/mol. The largest absolute Gasteiger partial charge is 0.458 e. The summed E-state index contributed by atoms with van der Waals surface area (Å²) < 4.78 is 9.75. The molecule has 9 aromatic rings. The predicted molar refractivity (Wildman–Crippen MR) is 245 cm³/mol. The Morgan fingerprint density at radius 3 is 1.52 bits per heavy atom. The first-order valence-electron chi connectivity index (χ1n) is 20.4. The van der Waals surface area contributed by atoms with Gasteiger partial charge in [0.15, 0.2) is 0 Å². The maximum absolute atomic E-state index is 7.36. The quantitative estimate of drug-likeness (QED) is 0.165. The van der Waals surface area contributed by atoms with Gasteiger partial charge in [-0.2, -0.15) is 0 Å². The molecule has 0 aliphatic carbocycles. The lowest BCUT2D eigenvalue weighted by Gasteiger charge is -2.49. The van der Waals surface area contributed by atoms with Crippen LogP contribution in [0.5, 0.6) is 11.5 Å². The number of hydrogen-bond donors (Lipinski definition) is 0. The zero-order chi connectivity index (χ0) is 38.6. The third kappa shape index (κ3) is 4.17. The lowest BCUT2D eigenvalue weighted by molar-refractivity contribution is 0.487. The SMILES string of the molecule is Cc1ccc(N2c3ccc(C)cc3B3c4cc(C)ccc4N4c5ccc(C)cc5B5c6ccc(-n7c8ccccc8c8ccccc87)cc6Oc6cc2c3c4c65)cc1. The summed E-state index contributed by atoms with van der Waals surface area (Å²) in [5.74, 6) is 1.83. The normalized spacial score (nSPS) is 13.9. The fraction of sp³-hybridized carbons (Fsp3) is 0.0769. The number of rotatable bonds is 2. The highest BCUT2D eigenvalue weighted by Crippen LogP contribution is 2.48. The molecule has 13 rings (SSSR count). The van der Waals surface area contributed by atoms with Crippen molar-refractivity contribution in [2.45, 2.75) is 27.7 Å². The van der Waals surface area contributed by atoms with Crippen LogP contribution in [0.3, 0.4) is 0 Å². The molecule has 0 saturated heterocycles. The van der Waals surface area contributed by atoms with Crippen molar-refractivity contribution in [2.75, 3.05) is 9.80 Å². The second-order valence-corrected chi connectivity index (χ2v) is 16.8. The first-order valence-corrected chi connectivity index (χ1v) is 20.4. The Balaban J connectivity index is 1.13. The van der Waals surface area contributed by atoms with E-state index in [1.165, 1.54) is 105 Å². The molecule has 8 aromatic carbocycles. The molecule has 0 saturated carbocycles. The maximum Gasteiger partial charge on any atom is 0.256 e. The van der Waals surface area contributed by atoms with E-state index in [4.69, 9.17) is 4.74 Å². The van der Waals surface area contributed by atoms with Crippen LogP contribution in [0.1, 0.15) is 22.3 Å². The minimum Gasteiger partial charge on any atom is -0.458 e. The van der Waals surface area contributed by atoms with E-state index in [1.807, 2.05) is 0 Å². The van der Waals surface area contributed by atoms with Crippen molar-refractivity contribution < 1.29 is 4.74 Å². The second-order valence-electron chi connectivity index (χ2n) is 16.8. The topological polar surface area (TPSA) is 20.6 Å². The van der Waals surface area contributed by atoms with Gasteiger partial charge in [0.05, 0.1) is 11.0 Å². The molecule has 4 nitrogen and oxygen atoms in total. The Morgan fingerprint density at radius 1 is 0.397 bits per heavy atom. The number of fused-ring (bicyclic) bond motifs is 13. The van der Waals surface area contributed by atoms with E-state index in [9.17, 15) is 0 Å². The molecular formula is C52H37B2N3O. The van der Waals surface area contributed by atoms with Crippen LogP contribution >= 0.6 is 0 Å². The summed E-state index contributed by atoms with van der Waals surface area (Å²) in [7, 11) is 0. The van der Waals surface area contributed by atoms with Gasteiger partial charge in [-0.1, -0.05) is 113 Å². The van der Waals surface area contributed by atoms with E-state index in [1.54, 1.807) is 0 Å². The third-order valence-corrected chi connectivity index (χ3v) is 13.2. The lowest BCUT2D eigenvalue weighted by Crippen LogP contribution is -2.68. The van der Waals surface area contributed by atoms with Gasteiger partial charge < -0.3 is 19.1 Å². The number of aromatic nitrogens is 1. The molecule has 272 valence electrons. The number of nitrogens with zero attached hydrogens (tertiary/aromatic N) is 3. The van der Waals surface area contributed by atoms with E-state index in [0.717, 1.165) is 22.9 Å². The number of aryl methyl sites for hydroxylation is 4. The Bertz CT molecular complexity index is 3220. The standard InChI is InChI=1S/C52H37B2N3O/c1-30-13-18-34(19-14-30)55-44-22-15-31(2)25-39(44)54-41-27-33(4)17-24-46(41)57-45-23-16-32(3)26-40(45)53-38-21-20-35(28-48(38)58-49-29-47(55)50(54)52(57)51(49)53)56-42-11-7-5-9-36(42)37-10-6-8-12-43(37)56/h5-29H,1-4H3. The highest BCUT2D eigenvalue weighted by Gasteiger charge is 2.51. The van der Waals surface area contributed by atoms with Crippen LogP contribution in [0.2, 0.25) is 0 Å². The number of para-hydroxylation sites is 2. The van der Waals surface area contributed by atoms with Gasteiger partial charge in [-0.15, -0.1) is 0 Å². The molecule has 4 aliphatic rings. The number of ether oxygens (including phenoxy) is 1. The number of anilines is 6. The third-order valence-electron chi connectivity index (χ3n) is 13.2. The van der Waals surface area contributed by atoms with Gasteiger partial charge in [0.2, 0.25) is 0 Å². The molecule has 0 atom stereocenters. The van der Waals surface area contributed by atoms with Crippen LogP contribution in [-0.4, -0.2) is 18.0 Å². The summed E-state index contributed by atoms with van der Waals surface area (Å²) in [5, 5.41) is 2.50. The van der Waals surface area contributed by atoms with Crippen molar-refractivity contribution in [1.29, 1.82) is 0 Å². The number of benzene rings is 8. The fourth-order valence-electron chi connectivity index (χ4n) is 10.8. The molecule has 5 heterocycles. The molecule has 4 aliphatic heterocycles. The molecule has 58 heavy (non-hydrogen) atoms. The Hall–Kier alpha value is -6.91. The molecule has 1 aromatic heterocycles. The van der Waals surface area contributed by atoms with Crippen LogP contribution in [-0.2, 0) is 0 Å². The first kappa shape index (κ1) is 32.2. The summed E-state index contributed by atoms with van der Waals surface area (Å²) in [6.45, 7) is 8.89. The van der Waals surface area contributed by atoms with Gasteiger partial charge in [-0.25, -0.2) is 0 Å². The Morgan fingerprint density at radius 2 is 0.914 bits per heavy atom. The van der Waals surface area contributed by atoms with Crippen molar-refractivity contribution in [3.63, 3.8) is 0 Å². The predicted octanol–water partition coefficient (Wildman–Crippen LogP) is 9.04. The minimum absolute atomic E-state index is 0.00298. The van der Waals surface area contributed by atoms with Crippen LogP contribution in [0.4, 0.5) is 34.1 Å². The molecule has 0 unspecified atom stereocenters. The molecule has 0 radical (unpaired) electrons. The summed E-state index contributed by atoms with van der Waals surface area (Å²) in [4.78, 5) is 5.06. The van der Waals surface area contributed by atoms with Gasteiger partial charge in [0, 0.05) is 62.7 Å². The first-order chi connectivity index (χ1) is 28.4. The highest BCUT2D eigenvalue weighted by molar-refractivity contribution is 7.04. The highest BCUT2D eigenvalue weighted by atomic mass is 16.5. The summed E-state index contributed by atoms with van der Waals surface area (Å²) in [6.07, 6.45) is 0. The average molecular weight is 742 g/mol. The summed E-state index contributed by atoms with van der Waals surface area (Å²) in [5.41, 5.74) is 23.6. The van der Waals surface area contributed by atoms with Crippen molar-refractivity contribution in [3.8, 4) is 17.2 Å². The molecule has 0 bridgehead atoms. The van der Waals surface area contributed by atoms with Crippen molar-refractivity contribution in [2.24, 2.45) is 0 Å². The van der Waals surface area contributed by atoms with E-state index in [-0.39, 0.29) is 13.4 Å². The van der Waals surface area contributed by atoms with Gasteiger partial charge in [-0.05, 0) is 109 Å². The van der Waals surface area contributed by atoms with Crippen LogP contribution in [0.25, 0.3) is 27.5 Å². The second kappa shape index (κ2) is 11.4. The van der Waals surface area contributed by atoms with Crippen molar-refractivity contribution >= 4 is 102 Å². The van der Waals surface area contributed by atoms with Gasteiger partial charge in [0.25, 0.3) is 13.4 Å². The molecule has 0 amide bonds. The van der Waals surface area contributed by atoms with Crippen LogP contribution in [0.15, 0.2) is 152 Å². The molecule has 0 N–H and O–H groups in total. The zero-order valence-corrected chi connectivity index (χ0v) is 32.8. The van der Waals surface area contributed by atoms with Crippen LogP contribution in [0, 0.1) is 27.7 Å². The molecule has 0 fully saturated rings. The van der Waals surface area contributed by atoms with E-state index >= 15 is 0 Å². The minimum atomic E-state index is -0.00298. The Kier molecular flexibility index (Phi) is 6.31. The zero-order valence-electron chi connectivity index (χ0n) is 32.8. The van der Waals surface area contributed by atoms with E-state index < -0.39 is 0 Å². The van der Waals surface area contributed by atoms with E-state index in [0.29, 0.717) is 0 Å². The summed E-state index contributed by atoms with van der Waals surface area (Å²) in [6, 6.07) is 56.9. The molecule has 6 heteroatoms. The lowest BCUT2D eigenvalue weighted by atomic mass is 9.29. The summed E-state index contributed by atoms with van der Waals surface area (Å²) >= 11 is 0. The van der Waals surface area contributed by atoms with Gasteiger partial charge >= 0.3 is 0 Å².